The molecule has 0 aromatic heterocycles. The smallest absolute Gasteiger partial charge is 0.128 e. The highest BCUT2D eigenvalue weighted by Crippen LogP contribution is 2.18. The Kier molecular flexibility index (Phi) is 3.55. The highest BCUT2D eigenvalue weighted by atomic mass is 19.1. The first-order valence-electron chi connectivity index (χ1n) is 5.50. The second-order valence-electron chi connectivity index (χ2n) is 4.05. The summed E-state index contributed by atoms with van der Waals surface area (Å²) in [6.07, 6.45) is 0. The van der Waals surface area contributed by atoms with Crippen LogP contribution in [0, 0.1) is 24.4 Å². The minimum absolute atomic E-state index is 0.149. The third-order valence-electron chi connectivity index (χ3n) is 2.67. The maximum absolute atomic E-state index is 13.4. The molecule has 0 radical (unpaired) electrons. The summed E-state index contributed by atoms with van der Waals surface area (Å²) in [5.74, 6) is -1.28. The molecule has 0 aliphatic carbocycles. The molecule has 94 valence electrons. The first-order chi connectivity index (χ1) is 8.56. The molecule has 1 N–H and O–H groups in total. The zero-order valence-corrected chi connectivity index (χ0v) is 9.81. The van der Waals surface area contributed by atoms with Crippen LogP contribution in [-0.2, 0) is 6.54 Å². The molecule has 0 heterocycles. The van der Waals surface area contributed by atoms with Gasteiger partial charge in [0.05, 0.1) is 0 Å². The molecule has 0 atom stereocenters. The summed E-state index contributed by atoms with van der Waals surface area (Å²) in [6, 6.07) is 7.57. The van der Waals surface area contributed by atoms with Gasteiger partial charge in [0.1, 0.15) is 17.5 Å². The quantitative estimate of drug-likeness (QED) is 0.868. The molecule has 0 saturated carbocycles. The number of benzene rings is 2. The van der Waals surface area contributed by atoms with E-state index in [0.29, 0.717) is 11.3 Å². The van der Waals surface area contributed by atoms with Crippen molar-refractivity contribution in [1.29, 1.82) is 0 Å². The SMILES string of the molecule is Cc1cc(F)ccc1NCc1cc(F)ccc1F. The van der Waals surface area contributed by atoms with Crippen LogP contribution in [0.15, 0.2) is 36.4 Å². The van der Waals surface area contributed by atoms with Crippen LogP contribution in [0.1, 0.15) is 11.1 Å². The molecule has 18 heavy (non-hydrogen) atoms. The van der Waals surface area contributed by atoms with Crippen molar-refractivity contribution in [3.8, 4) is 0 Å². The fraction of sp³-hybridized carbons (Fsp3) is 0.143. The van der Waals surface area contributed by atoms with Crippen LogP contribution in [0.25, 0.3) is 0 Å². The Morgan fingerprint density at radius 2 is 1.61 bits per heavy atom. The first kappa shape index (κ1) is 12.5. The summed E-state index contributed by atoms with van der Waals surface area (Å²) in [5, 5.41) is 2.95. The molecular weight excluding hydrogens is 239 g/mol. The average Bonchev–Trinajstić information content (AvgIpc) is 2.32. The van der Waals surface area contributed by atoms with E-state index >= 15 is 0 Å². The lowest BCUT2D eigenvalue weighted by Gasteiger charge is -2.10. The predicted octanol–water partition coefficient (Wildman–Crippen LogP) is 4.02. The molecule has 2 rings (SSSR count). The minimum atomic E-state index is -0.482. The van der Waals surface area contributed by atoms with Crippen molar-refractivity contribution in [1.82, 2.24) is 0 Å². The Hall–Kier alpha value is -1.97. The molecule has 0 spiro atoms. The van der Waals surface area contributed by atoms with Crippen LogP contribution in [0.2, 0.25) is 0 Å². The van der Waals surface area contributed by atoms with E-state index in [0.717, 1.165) is 18.2 Å². The van der Waals surface area contributed by atoms with Gasteiger partial charge in [0.2, 0.25) is 0 Å². The Morgan fingerprint density at radius 3 is 2.33 bits per heavy atom. The van der Waals surface area contributed by atoms with Crippen molar-refractivity contribution in [3.05, 3.63) is 65.0 Å². The van der Waals surface area contributed by atoms with Gasteiger partial charge in [0.15, 0.2) is 0 Å². The number of hydrogen-bond donors (Lipinski definition) is 1. The maximum Gasteiger partial charge on any atom is 0.128 e. The van der Waals surface area contributed by atoms with Gasteiger partial charge in [0.25, 0.3) is 0 Å². The van der Waals surface area contributed by atoms with Crippen molar-refractivity contribution in [2.45, 2.75) is 13.5 Å². The van der Waals surface area contributed by atoms with Crippen LogP contribution in [0.5, 0.6) is 0 Å². The van der Waals surface area contributed by atoms with Gasteiger partial charge < -0.3 is 5.32 Å². The van der Waals surface area contributed by atoms with Crippen molar-refractivity contribution in [2.24, 2.45) is 0 Å². The summed E-state index contributed by atoms with van der Waals surface area (Å²) in [5.41, 5.74) is 1.64. The lowest BCUT2D eigenvalue weighted by atomic mass is 10.1. The Bertz CT molecular complexity index is 567. The predicted molar refractivity (Wildman–Crippen MR) is 64.8 cm³/mol. The van der Waals surface area contributed by atoms with Gasteiger partial charge in [-0.15, -0.1) is 0 Å². The van der Waals surface area contributed by atoms with Gasteiger partial charge in [-0.1, -0.05) is 0 Å². The normalized spacial score (nSPS) is 10.4. The van der Waals surface area contributed by atoms with E-state index in [4.69, 9.17) is 0 Å². The second kappa shape index (κ2) is 5.12. The Morgan fingerprint density at radius 1 is 0.944 bits per heavy atom. The fourth-order valence-electron chi connectivity index (χ4n) is 1.69. The van der Waals surface area contributed by atoms with Crippen LogP contribution in [0.4, 0.5) is 18.9 Å². The van der Waals surface area contributed by atoms with E-state index < -0.39 is 11.6 Å². The van der Waals surface area contributed by atoms with Crippen LogP contribution in [0.3, 0.4) is 0 Å². The molecule has 1 nitrogen and oxygen atoms in total. The first-order valence-corrected chi connectivity index (χ1v) is 5.50. The third-order valence-corrected chi connectivity index (χ3v) is 2.67. The zero-order valence-electron chi connectivity index (χ0n) is 9.81. The molecule has 0 bridgehead atoms. The number of halogens is 3. The van der Waals surface area contributed by atoms with Crippen LogP contribution in [-0.4, -0.2) is 0 Å². The Balaban J connectivity index is 2.13. The summed E-state index contributed by atoms with van der Waals surface area (Å²) >= 11 is 0. The topological polar surface area (TPSA) is 12.0 Å². The van der Waals surface area contributed by atoms with Gasteiger partial charge in [-0.25, -0.2) is 13.2 Å². The van der Waals surface area contributed by atoms with Gasteiger partial charge in [-0.3, -0.25) is 0 Å². The molecule has 0 fully saturated rings. The average molecular weight is 251 g/mol. The van der Waals surface area contributed by atoms with Gasteiger partial charge >= 0.3 is 0 Å². The number of aryl methyl sites for hydroxylation is 1. The lowest BCUT2D eigenvalue weighted by Crippen LogP contribution is -2.03. The molecule has 0 amide bonds. The number of rotatable bonds is 3. The van der Waals surface area contributed by atoms with E-state index in [9.17, 15) is 13.2 Å². The summed E-state index contributed by atoms with van der Waals surface area (Å²) in [6.45, 7) is 1.89. The van der Waals surface area contributed by atoms with Gasteiger partial charge in [-0.2, -0.15) is 0 Å². The molecule has 2 aromatic carbocycles. The summed E-state index contributed by atoms with van der Waals surface area (Å²) < 4.78 is 39.2. The third kappa shape index (κ3) is 2.83. The van der Waals surface area contributed by atoms with Gasteiger partial charge in [-0.05, 0) is 48.9 Å². The maximum atomic E-state index is 13.4. The minimum Gasteiger partial charge on any atom is -0.381 e. The molecule has 0 aliphatic rings. The van der Waals surface area contributed by atoms with E-state index in [1.165, 1.54) is 12.1 Å². The highest BCUT2D eigenvalue weighted by Gasteiger charge is 2.05. The van der Waals surface area contributed by atoms with Crippen molar-refractivity contribution in [3.63, 3.8) is 0 Å². The van der Waals surface area contributed by atoms with E-state index in [2.05, 4.69) is 5.32 Å². The monoisotopic (exact) mass is 251 g/mol. The standard InChI is InChI=1S/C14H12F3N/c1-9-6-11(15)3-5-14(9)18-8-10-7-12(16)2-4-13(10)17/h2-7,18H,8H2,1H3. The number of nitrogens with one attached hydrogen (secondary N) is 1. The fourth-order valence-corrected chi connectivity index (χ4v) is 1.69. The number of hydrogen-bond acceptors (Lipinski definition) is 1. The highest BCUT2D eigenvalue weighted by molar-refractivity contribution is 5.50. The van der Waals surface area contributed by atoms with Crippen molar-refractivity contribution < 1.29 is 13.2 Å². The Labute approximate surface area is 103 Å². The molecule has 4 heteroatoms. The van der Waals surface area contributed by atoms with Crippen molar-refractivity contribution in [2.75, 3.05) is 5.32 Å². The zero-order chi connectivity index (χ0) is 13.1. The molecule has 2 aromatic rings. The molecule has 0 unspecified atom stereocenters. The molecular formula is C14H12F3N. The summed E-state index contributed by atoms with van der Waals surface area (Å²) in [7, 11) is 0. The molecule has 0 aliphatic heterocycles. The molecule has 0 saturated heterocycles. The van der Waals surface area contributed by atoms with Gasteiger partial charge in [0, 0.05) is 17.8 Å². The van der Waals surface area contributed by atoms with Crippen LogP contribution >= 0.6 is 0 Å². The van der Waals surface area contributed by atoms with Crippen LogP contribution < -0.4 is 5.32 Å². The van der Waals surface area contributed by atoms with E-state index in [1.807, 2.05) is 0 Å². The van der Waals surface area contributed by atoms with Crippen molar-refractivity contribution >= 4 is 5.69 Å². The number of anilines is 1. The second-order valence-corrected chi connectivity index (χ2v) is 4.05. The largest absolute Gasteiger partial charge is 0.381 e. The lowest BCUT2D eigenvalue weighted by molar-refractivity contribution is 0.587. The van der Waals surface area contributed by atoms with E-state index in [1.54, 1.807) is 13.0 Å². The summed E-state index contributed by atoms with van der Waals surface area (Å²) in [4.78, 5) is 0. The van der Waals surface area contributed by atoms with E-state index in [-0.39, 0.29) is 17.9 Å².